The largest absolute Gasteiger partial charge is 0.463 e. The zero-order chi connectivity index (χ0) is 12.7. The maximum absolute atomic E-state index is 11.4. The van der Waals surface area contributed by atoms with Gasteiger partial charge in [0.1, 0.15) is 0 Å². The van der Waals surface area contributed by atoms with Crippen LogP contribution in [0.2, 0.25) is 0 Å². The number of carbonyl (C=O) groups excluding carboxylic acids is 1. The molecule has 17 heavy (non-hydrogen) atoms. The number of hydrogen-bond acceptors (Lipinski definition) is 2. The van der Waals surface area contributed by atoms with Crippen molar-refractivity contribution < 1.29 is 9.53 Å². The Hall–Kier alpha value is -0.530. The van der Waals surface area contributed by atoms with E-state index in [1.54, 1.807) is 0 Å². The van der Waals surface area contributed by atoms with Crippen molar-refractivity contribution in [3.63, 3.8) is 0 Å². The van der Waals surface area contributed by atoms with Gasteiger partial charge in [0.05, 0.1) is 6.10 Å². The molecule has 0 radical (unpaired) electrons. The maximum Gasteiger partial charge on any atom is 0.306 e. The molecule has 0 unspecified atom stereocenters. The van der Waals surface area contributed by atoms with E-state index in [4.69, 9.17) is 4.74 Å². The average molecular weight is 240 g/mol. The second kappa shape index (κ2) is 7.73. The van der Waals surface area contributed by atoms with Gasteiger partial charge in [-0.25, -0.2) is 0 Å². The van der Waals surface area contributed by atoms with Crippen molar-refractivity contribution in [3.05, 3.63) is 0 Å². The van der Waals surface area contributed by atoms with Gasteiger partial charge in [-0.1, -0.05) is 39.0 Å². The third-order valence-electron chi connectivity index (χ3n) is 3.86. The highest BCUT2D eigenvalue weighted by Crippen LogP contribution is 2.32. The fourth-order valence-corrected chi connectivity index (χ4v) is 2.83. The molecule has 2 nitrogen and oxygen atoms in total. The zero-order valence-corrected chi connectivity index (χ0v) is 11.7. The Morgan fingerprint density at radius 2 is 1.82 bits per heavy atom. The van der Waals surface area contributed by atoms with E-state index < -0.39 is 0 Å². The number of carbonyl (C=O) groups is 1. The molecule has 100 valence electrons. The van der Waals surface area contributed by atoms with Gasteiger partial charge in [0.15, 0.2) is 0 Å². The van der Waals surface area contributed by atoms with Crippen LogP contribution in [0, 0.1) is 11.8 Å². The van der Waals surface area contributed by atoms with Crippen LogP contribution in [-0.4, -0.2) is 12.1 Å². The molecule has 0 aromatic heterocycles. The van der Waals surface area contributed by atoms with Crippen LogP contribution in [0.1, 0.15) is 72.1 Å². The van der Waals surface area contributed by atoms with E-state index in [2.05, 4.69) is 6.92 Å². The number of ether oxygens (including phenoxy) is 1. The van der Waals surface area contributed by atoms with Gasteiger partial charge in [0.25, 0.3) is 0 Å². The summed E-state index contributed by atoms with van der Waals surface area (Å²) in [5.41, 5.74) is 0. The average Bonchev–Trinajstić information content (AvgIpc) is 2.29. The summed E-state index contributed by atoms with van der Waals surface area (Å²) in [5, 5.41) is 0. The molecule has 0 heterocycles. The Morgan fingerprint density at radius 3 is 2.41 bits per heavy atom. The SMILES string of the molecule is CC(C)OC(=O)CCC[C@@H](C)C1CCCCC1. The highest BCUT2D eigenvalue weighted by atomic mass is 16.5. The second-order valence-corrected chi connectivity index (χ2v) is 5.81. The van der Waals surface area contributed by atoms with Crippen molar-refractivity contribution in [2.45, 2.75) is 78.2 Å². The molecule has 0 amide bonds. The zero-order valence-electron chi connectivity index (χ0n) is 11.7. The number of rotatable bonds is 6. The predicted octanol–water partition coefficient (Wildman–Crippen LogP) is 4.32. The summed E-state index contributed by atoms with van der Waals surface area (Å²) >= 11 is 0. The lowest BCUT2D eigenvalue weighted by atomic mass is 9.79. The topological polar surface area (TPSA) is 26.3 Å². The molecule has 1 saturated carbocycles. The summed E-state index contributed by atoms with van der Waals surface area (Å²) in [7, 11) is 0. The van der Waals surface area contributed by atoms with Crippen LogP contribution in [0.25, 0.3) is 0 Å². The van der Waals surface area contributed by atoms with Crippen molar-refractivity contribution in [3.8, 4) is 0 Å². The van der Waals surface area contributed by atoms with Gasteiger partial charge in [-0.05, 0) is 38.5 Å². The fraction of sp³-hybridized carbons (Fsp3) is 0.933. The Labute approximate surface area is 106 Å². The van der Waals surface area contributed by atoms with E-state index in [1.807, 2.05) is 13.8 Å². The lowest BCUT2D eigenvalue weighted by Crippen LogP contribution is -2.16. The summed E-state index contributed by atoms with van der Waals surface area (Å²) < 4.78 is 5.14. The van der Waals surface area contributed by atoms with E-state index in [0.29, 0.717) is 6.42 Å². The minimum atomic E-state index is -0.0316. The van der Waals surface area contributed by atoms with Crippen molar-refractivity contribution >= 4 is 5.97 Å². The Balaban J connectivity index is 2.10. The molecule has 0 saturated heterocycles. The minimum Gasteiger partial charge on any atom is -0.463 e. The van der Waals surface area contributed by atoms with Gasteiger partial charge in [0.2, 0.25) is 0 Å². The van der Waals surface area contributed by atoms with E-state index in [0.717, 1.165) is 18.3 Å². The van der Waals surface area contributed by atoms with Gasteiger partial charge in [0, 0.05) is 6.42 Å². The van der Waals surface area contributed by atoms with Crippen molar-refractivity contribution in [2.24, 2.45) is 11.8 Å². The molecule has 0 aliphatic heterocycles. The molecule has 1 aliphatic rings. The molecule has 2 heteroatoms. The van der Waals surface area contributed by atoms with Crippen LogP contribution >= 0.6 is 0 Å². The standard InChI is InChI=1S/C15H28O2/c1-12(2)17-15(16)11-7-8-13(3)14-9-5-4-6-10-14/h12-14H,4-11H2,1-3H3/t13-/m1/s1. The Morgan fingerprint density at radius 1 is 1.18 bits per heavy atom. The minimum absolute atomic E-state index is 0.0262. The summed E-state index contributed by atoms with van der Waals surface area (Å²) in [5.74, 6) is 1.66. The maximum atomic E-state index is 11.4. The van der Waals surface area contributed by atoms with E-state index >= 15 is 0 Å². The molecular formula is C15H28O2. The Bertz CT molecular complexity index is 217. The normalized spacial score (nSPS) is 19.3. The van der Waals surface area contributed by atoms with E-state index in [9.17, 15) is 4.79 Å². The molecule has 0 aromatic rings. The van der Waals surface area contributed by atoms with Crippen molar-refractivity contribution in [1.82, 2.24) is 0 Å². The summed E-state index contributed by atoms with van der Waals surface area (Å²) in [6.45, 7) is 6.16. The van der Waals surface area contributed by atoms with Crippen LogP contribution in [0.5, 0.6) is 0 Å². The van der Waals surface area contributed by atoms with Crippen molar-refractivity contribution in [2.75, 3.05) is 0 Å². The second-order valence-electron chi connectivity index (χ2n) is 5.81. The Kier molecular flexibility index (Phi) is 6.61. The molecule has 0 bridgehead atoms. The summed E-state index contributed by atoms with van der Waals surface area (Å²) in [6.07, 6.45) is 9.82. The van der Waals surface area contributed by atoms with Gasteiger partial charge in [-0.2, -0.15) is 0 Å². The van der Waals surface area contributed by atoms with Crippen molar-refractivity contribution in [1.29, 1.82) is 0 Å². The quantitative estimate of drug-likeness (QED) is 0.646. The molecule has 1 aliphatic carbocycles. The number of hydrogen-bond donors (Lipinski definition) is 0. The van der Waals surface area contributed by atoms with Crippen LogP contribution in [0.15, 0.2) is 0 Å². The molecular weight excluding hydrogens is 212 g/mol. The van der Waals surface area contributed by atoms with Crippen LogP contribution in [-0.2, 0) is 9.53 Å². The van der Waals surface area contributed by atoms with Crippen LogP contribution in [0.4, 0.5) is 0 Å². The third kappa shape index (κ3) is 6.09. The lowest BCUT2D eigenvalue weighted by Gasteiger charge is -2.27. The molecule has 1 atom stereocenters. The highest BCUT2D eigenvalue weighted by molar-refractivity contribution is 5.69. The van der Waals surface area contributed by atoms with E-state index in [1.165, 1.54) is 38.5 Å². The molecule has 1 fully saturated rings. The van der Waals surface area contributed by atoms with Gasteiger partial charge in [-0.15, -0.1) is 0 Å². The first kappa shape index (κ1) is 14.5. The summed E-state index contributed by atoms with van der Waals surface area (Å²) in [6, 6.07) is 0. The first-order valence-electron chi connectivity index (χ1n) is 7.29. The predicted molar refractivity (Wildman–Crippen MR) is 70.8 cm³/mol. The first-order valence-corrected chi connectivity index (χ1v) is 7.29. The number of esters is 1. The fourth-order valence-electron chi connectivity index (χ4n) is 2.83. The van der Waals surface area contributed by atoms with Gasteiger partial charge in [-0.3, -0.25) is 4.79 Å². The van der Waals surface area contributed by atoms with E-state index in [-0.39, 0.29) is 12.1 Å². The molecule has 1 rings (SSSR count). The summed E-state index contributed by atoms with van der Waals surface area (Å²) in [4.78, 5) is 11.4. The lowest BCUT2D eigenvalue weighted by molar-refractivity contribution is -0.147. The monoisotopic (exact) mass is 240 g/mol. The highest BCUT2D eigenvalue weighted by Gasteiger charge is 2.19. The van der Waals surface area contributed by atoms with Gasteiger partial charge >= 0.3 is 5.97 Å². The van der Waals surface area contributed by atoms with Gasteiger partial charge < -0.3 is 4.74 Å². The van der Waals surface area contributed by atoms with Crippen LogP contribution in [0.3, 0.4) is 0 Å². The molecule has 0 spiro atoms. The first-order chi connectivity index (χ1) is 8.09. The van der Waals surface area contributed by atoms with Crippen LogP contribution < -0.4 is 0 Å². The molecule has 0 aromatic carbocycles. The molecule has 0 N–H and O–H groups in total. The third-order valence-corrected chi connectivity index (χ3v) is 3.86. The smallest absolute Gasteiger partial charge is 0.306 e.